The third-order valence-corrected chi connectivity index (χ3v) is 6.31. The Hall–Kier alpha value is -1.14. The molecule has 0 bridgehead atoms. The van der Waals surface area contributed by atoms with Gasteiger partial charge in [-0.05, 0) is 55.6 Å². The number of anilines is 1. The molecule has 2 N–H and O–H groups in total. The minimum atomic E-state index is -0.742. The van der Waals surface area contributed by atoms with E-state index >= 15 is 0 Å². The standard InChI is InChI=1S/C22H35NO3S2/c1-27-17-11-6-4-2-3-5-7-15-21(24)23-19-13-8-9-14-20(19)28-18-12-10-16-22(25)26/h8-9,13-14H,2-7,10-12,15-18H2,1H3,(H,23,24)(H,25,26). The van der Waals surface area contributed by atoms with Crippen molar-refractivity contribution in [2.45, 2.75) is 75.5 Å². The molecule has 0 aliphatic rings. The van der Waals surface area contributed by atoms with Crippen LogP contribution in [0, 0.1) is 0 Å². The molecule has 1 rings (SSSR count). The maximum absolute atomic E-state index is 12.2. The molecule has 1 amide bonds. The lowest BCUT2D eigenvalue weighted by molar-refractivity contribution is -0.137. The monoisotopic (exact) mass is 425 g/mol. The highest BCUT2D eigenvalue weighted by molar-refractivity contribution is 7.99. The summed E-state index contributed by atoms with van der Waals surface area (Å²) >= 11 is 3.59. The fourth-order valence-electron chi connectivity index (χ4n) is 2.88. The second-order valence-corrected chi connectivity index (χ2v) is 9.08. The van der Waals surface area contributed by atoms with Crippen LogP contribution in [-0.4, -0.2) is 34.7 Å². The van der Waals surface area contributed by atoms with Crippen molar-refractivity contribution in [1.29, 1.82) is 0 Å². The first-order valence-corrected chi connectivity index (χ1v) is 12.7. The SMILES string of the molecule is CSCCCCCCCCCC(=O)Nc1ccccc1SCCCCC(=O)O. The maximum Gasteiger partial charge on any atom is 0.303 e. The van der Waals surface area contributed by atoms with Crippen molar-refractivity contribution in [3.8, 4) is 0 Å². The number of unbranched alkanes of at least 4 members (excludes halogenated alkanes) is 7. The Kier molecular flexibility index (Phi) is 14.9. The molecule has 0 fully saturated rings. The van der Waals surface area contributed by atoms with Gasteiger partial charge in [-0.25, -0.2) is 0 Å². The summed E-state index contributed by atoms with van der Waals surface area (Å²) in [5.41, 5.74) is 0.865. The molecular formula is C22H35NO3S2. The Balaban J connectivity index is 2.18. The topological polar surface area (TPSA) is 66.4 Å². The second-order valence-electron chi connectivity index (χ2n) is 6.96. The zero-order valence-electron chi connectivity index (χ0n) is 17.1. The Morgan fingerprint density at radius 2 is 1.46 bits per heavy atom. The van der Waals surface area contributed by atoms with E-state index < -0.39 is 5.97 Å². The quantitative estimate of drug-likeness (QED) is 0.221. The second kappa shape index (κ2) is 16.8. The number of carbonyl (C=O) groups is 2. The van der Waals surface area contributed by atoms with Crippen LogP contribution in [0.2, 0.25) is 0 Å². The summed E-state index contributed by atoms with van der Waals surface area (Å²) in [6.07, 6.45) is 13.0. The van der Waals surface area contributed by atoms with Crippen molar-refractivity contribution in [2.24, 2.45) is 0 Å². The maximum atomic E-state index is 12.2. The average molecular weight is 426 g/mol. The number of hydrogen-bond acceptors (Lipinski definition) is 4. The summed E-state index contributed by atoms with van der Waals surface area (Å²) in [6.45, 7) is 0. The van der Waals surface area contributed by atoms with Gasteiger partial charge >= 0.3 is 5.97 Å². The Morgan fingerprint density at radius 3 is 2.18 bits per heavy atom. The van der Waals surface area contributed by atoms with E-state index in [0.717, 1.165) is 35.6 Å². The van der Waals surface area contributed by atoms with Crippen molar-refractivity contribution < 1.29 is 14.7 Å². The lowest BCUT2D eigenvalue weighted by Crippen LogP contribution is -2.11. The number of carboxylic acid groups (broad SMARTS) is 1. The zero-order chi connectivity index (χ0) is 20.5. The summed E-state index contributed by atoms with van der Waals surface area (Å²) in [4.78, 5) is 23.8. The van der Waals surface area contributed by atoms with Crippen LogP contribution in [0.25, 0.3) is 0 Å². The number of carboxylic acids is 1. The van der Waals surface area contributed by atoms with Crippen molar-refractivity contribution in [1.82, 2.24) is 0 Å². The van der Waals surface area contributed by atoms with Gasteiger partial charge in [0.25, 0.3) is 0 Å². The molecule has 1 aromatic rings. The number of nitrogens with one attached hydrogen (secondary N) is 1. The highest BCUT2D eigenvalue weighted by Gasteiger charge is 2.07. The van der Waals surface area contributed by atoms with Crippen LogP contribution in [0.3, 0.4) is 0 Å². The number of para-hydroxylation sites is 1. The van der Waals surface area contributed by atoms with Crippen LogP contribution < -0.4 is 5.32 Å². The molecule has 0 radical (unpaired) electrons. The molecule has 158 valence electrons. The average Bonchev–Trinajstić information content (AvgIpc) is 2.67. The van der Waals surface area contributed by atoms with Crippen LogP contribution in [0.4, 0.5) is 5.69 Å². The van der Waals surface area contributed by atoms with E-state index in [-0.39, 0.29) is 12.3 Å². The lowest BCUT2D eigenvalue weighted by Gasteiger charge is -2.10. The highest BCUT2D eigenvalue weighted by atomic mass is 32.2. The van der Waals surface area contributed by atoms with E-state index in [1.54, 1.807) is 11.8 Å². The van der Waals surface area contributed by atoms with Crippen molar-refractivity contribution >= 4 is 41.1 Å². The molecule has 1 aromatic carbocycles. The van der Waals surface area contributed by atoms with Gasteiger partial charge in [-0.15, -0.1) is 11.8 Å². The molecule has 4 nitrogen and oxygen atoms in total. The number of hydrogen-bond donors (Lipinski definition) is 2. The normalized spacial score (nSPS) is 10.8. The predicted octanol–water partition coefficient (Wildman–Crippen LogP) is 6.46. The van der Waals surface area contributed by atoms with Crippen LogP contribution >= 0.6 is 23.5 Å². The van der Waals surface area contributed by atoms with Gasteiger partial charge in [0, 0.05) is 17.7 Å². The van der Waals surface area contributed by atoms with Crippen LogP contribution in [0.5, 0.6) is 0 Å². The van der Waals surface area contributed by atoms with E-state index in [2.05, 4.69) is 11.6 Å². The molecule has 0 spiro atoms. The van der Waals surface area contributed by atoms with Gasteiger partial charge in [0.2, 0.25) is 5.91 Å². The number of thioether (sulfide) groups is 2. The molecule has 0 saturated heterocycles. The van der Waals surface area contributed by atoms with Gasteiger partial charge in [0.1, 0.15) is 0 Å². The van der Waals surface area contributed by atoms with Gasteiger partial charge in [-0.1, -0.05) is 44.2 Å². The summed E-state index contributed by atoms with van der Waals surface area (Å²) in [7, 11) is 0. The first kappa shape index (κ1) is 24.9. The third kappa shape index (κ3) is 13.1. The van der Waals surface area contributed by atoms with Crippen LogP contribution in [0.1, 0.15) is 70.6 Å². The Morgan fingerprint density at radius 1 is 0.857 bits per heavy atom. The first-order chi connectivity index (χ1) is 13.6. The molecule has 28 heavy (non-hydrogen) atoms. The van der Waals surface area contributed by atoms with Gasteiger partial charge in [0.15, 0.2) is 0 Å². The Labute approximate surface area is 178 Å². The number of rotatable bonds is 17. The number of benzene rings is 1. The van der Waals surface area contributed by atoms with Gasteiger partial charge in [-0.2, -0.15) is 11.8 Å². The van der Waals surface area contributed by atoms with Gasteiger partial charge in [-0.3, -0.25) is 9.59 Å². The highest BCUT2D eigenvalue weighted by Crippen LogP contribution is 2.28. The van der Waals surface area contributed by atoms with Gasteiger partial charge in [0.05, 0.1) is 5.69 Å². The minimum absolute atomic E-state index is 0.0823. The zero-order valence-corrected chi connectivity index (χ0v) is 18.7. The van der Waals surface area contributed by atoms with E-state index in [1.165, 1.54) is 37.9 Å². The van der Waals surface area contributed by atoms with E-state index in [4.69, 9.17) is 5.11 Å². The molecule has 0 aliphatic heterocycles. The van der Waals surface area contributed by atoms with E-state index in [0.29, 0.717) is 12.8 Å². The predicted molar refractivity (Wildman–Crippen MR) is 123 cm³/mol. The van der Waals surface area contributed by atoms with Crippen molar-refractivity contribution in [3.05, 3.63) is 24.3 Å². The molecule has 0 aliphatic carbocycles. The van der Waals surface area contributed by atoms with Crippen LogP contribution in [-0.2, 0) is 9.59 Å². The van der Waals surface area contributed by atoms with Crippen molar-refractivity contribution in [3.63, 3.8) is 0 Å². The Bertz CT molecular complexity index is 566. The fraction of sp³-hybridized carbons (Fsp3) is 0.636. The molecule has 0 aromatic heterocycles. The fourth-order valence-corrected chi connectivity index (χ4v) is 4.40. The summed E-state index contributed by atoms with van der Waals surface area (Å²) in [6, 6.07) is 7.84. The molecule has 0 unspecified atom stereocenters. The number of amides is 1. The minimum Gasteiger partial charge on any atom is -0.481 e. The third-order valence-electron chi connectivity index (χ3n) is 4.46. The summed E-state index contributed by atoms with van der Waals surface area (Å²) in [5, 5.41) is 11.7. The molecule has 0 atom stereocenters. The molecule has 0 saturated carbocycles. The first-order valence-electron chi connectivity index (χ1n) is 10.4. The molecular weight excluding hydrogens is 390 g/mol. The lowest BCUT2D eigenvalue weighted by atomic mass is 10.1. The van der Waals surface area contributed by atoms with Gasteiger partial charge < -0.3 is 10.4 Å². The largest absolute Gasteiger partial charge is 0.481 e. The summed E-state index contributed by atoms with van der Waals surface area (Å²) < 4.78 is 0. The number of carbonyl (C=O) groups excluding carboxylic acids is 1. The van der Waals surface area contributed by atoms with E-state index in [9.17, 15) is 9.59 Å². The van der Waals surface area contributed by atoms with Crippen LogP contribution in [0.15, 0.2) is 29.2 Å². The smallest absolute Gasteiger partial charge is 0.303 e. The summed E-state index contributed by atoms with van der Waals surface area (Å²) in [5.74, 6) is 1.46. The van der Waals surface area contributed by atoms with Crippen molar-refractivity contribution in [2.75, 3.05) is 23.1 Å². The number of aliphatic carboxylic acids is 1. The van der Waals surface area contributed by atoms with E-state index in [1.807, 2.05) is 36.0 Å². The molecule has 0 heterocycles. The molecule has 6 heteroatoms.